The normalized spacial score (nSPS) is 14.1. The molecular weight excluding hydrogens is 403 g/mol. The lowest BCUT2D eigenvalue weighted by Crippen LogP contribution is -2.14. The van der Waals surface area contributed by atoms with Gasteiger partial charge in [0.25, 0.3) is 0 Å². The maximum Gasteiger partial charge on any atom is 0.337 e. The van der Waals surface area contributed by atoms with Crippen LogP contribution >= 0.6 is 38.5 Å². The highest BCUT2D eigenvalue weighted by Crippen LogP contribution is 2.22. The van der Waals surface area contributed by atoms with Crippen molar-refractivity contribution in [3.63, 3.8) is 0 Å². The van der Waals surface area contributed by atoms with E-state index >= 15 is 0 Å². The van der Waals surface area contributed by atoms with Gasteiger partial charge in [-0.25, -0.2) is 4.79 Å². The Balaban J connectivity index is 3.10. The number of alkyl halides is 1. The number of carboxylic acid groups (broad SMARTS) is 1. The predicted molar refractivity (Wildman–Crippen MR) is 74.5 cm³/mol. The van der Waals surface area contributed by atoms with Gasteiger partial charge >= 0.3 is 5.97 Å². The lowest BCUT2D eigenvalue weighted by Gasteiger charge is -2.10. The molecule has 0 aromatic heterocycles. The fraction of sp³-hybridized carbons (Fsp3) is 0.273. The quantitative estimate of drug-likeness (QED) is 0.452. The summed E-state index contributed by atoms with van der Waals surface area (Å²) in [6.07, 6.45) is -1.56. The minimum absolute atomic E-state index is 0.0780. The van der Waals surface area contributed by atoms with Crippen LogP contribution < -0.4 is 0 Å². The number of Topliss-reactive ketones (excluding diaryl/α,β-unsaturated/α-hetero) is 1. The Hall–Kier alpha value is -0.470. The molecule has 0 aliphatic rings. The molecule has 0 radical (unpaired) electrons. The van der Waals surface area contributed by atoms with Crippen LogP contribution in [0.15, 0.2) is 18.2 Å². The molecule has 0 bridgehead atoms. The number of carbonyl (C=O) groups is 2. The number of aliphatic hydroxyl groups excluding tert-OH is 1. The van der Waals surface area contributed by atoms with Crippen LogP contribution in [0.1, 0.15) is 28.9 Å². The van der Waals surface area contributed by atoms with Crippen LogP contribution in [0.2, 0.25) is 0 Å². The Bertz CT molecular complexity index is 459. The van der Waals surface area contributed by atoms with Gasteiger partial charge in [-0.15, -0.1) is 0 Å². The minimum Gasteiger partial charge on any atom is -0.479 e. The summed E-state index contributed by atoms with van der Waals surface area (Å²) in [4.78, 5) is 22.1. The van der Waals surface area contributed by atoms with Gasteiger partial charge in [0.2, 0.25) is 0 Å². The Morgan fingerprint density at radius 3 is 2.41 bits per heavy atom. The first-order valence-corrected chi connectivity index (χ1v) is 6.72. The van der Waals surface area contributed by atoms with Crippen molar-refractivity contribution in [1.82, 2.24) is 0 Å². The second-order valence-corrected chi connectivity index (χ2v) is 6.00. The van der Waals surface area contributed by atoms with E-state index < -0.39 is 12.1 Å². The highest BCUT2D eigenvalue weighted by atomic mass is 127. The molecule has 0 aliphatic heterocycles. The third-order valence-electron chi connectivity index (χ3n) is 2.17. The van der Waals surface area contributed by atoms with Crippen LogP contribution in [0.25, 0.3) is 0 Å². The van der Waals surface area contributed by atoms with Gasteiger partial charge in [-0.05, 0) is 47.2 Å². The van der Waals surface area contributed by atoms with E-state index in [0.29, 0.717) is 9.13 Å². The molecule has 17 heavy (non-hydrogen) atoms. The van der Waals surface area contributed by atoms with E-state index in [1.165, 1.54) is 18.2 Å². The molecule has 0 spiro atoms. The minimum atomic E-state index is -1.56. The van der Waals surface area contributed by atoms with E-state index in [1.807, 2.05) is 22.6 Å². The van der Waals surface area contributed by atoms with Crippen LogP contribution in [0.5, 0.6) is 0 Å². The summed E-state index contributed by atoms with van der Waals surface area (Å²) in [5, 5.41) is 18.0. The smallest absolute Gasteiger partial charge is 0.337 e. The molecule has 0 fully saturated rings. The summed E-state index contributed by atoms with van der Waals surface area (Å²) in [6.45, 7) is 1.72. The van der Waals surface area contributed by atoms with E-state index in [0.717, 1.165) is 0 Å². The summed E-state index contributed by atoms with van der Waals surface area (Å²) < 4.78 is 0.622. The molecule has 2 unspecified atom stereocenters. The third-order valence-corrected chi connectivity index (χ3v) is 3.48. The molecule has 0 amide bonds. The molecule has 92 valence electrons. The number of halogens is 2. The molecule has 2 N–H and O–H groups in total. The second kappa shape index (κ2) is 5.92. The van der Waals surface area contributed by atoms with Crippen molar-refractivity contribution in [2.45, 2.75) is 17.9 Å². The molecule has 0 aliphatic carbocycles. The zero-order valence-electron chi connectivity index (χ0n) is 8.85. The SMILES string of the molecule is CC(Br)C(=O)c1ccc(C(O)C(=O)O)cc1I. The lowest BCUT2D eigenvalue weighted by molar-refractivity contribution is -0.146. The molecule has 1 aromatic rings. The highest BCUT2D eigenvalue weighted by Gasteiger charge is 2.20. The standard InChI is InChI=1S/C11H10BrIO4/c1-5(12)9(14)7-3-2-6(4-8(7)13)10(15)11(16)17/h2-5,10,15H,1H3,(H,16,17). The van der Waals surface area contributed by atoms with Crippen LogP contribution in [0, 0.1) is 3.57 Å². The fourth-order valence-corrected chi connectivity index (χ4v) is 2.31. The van der Waals surface area contributed by atoms with Gasteiger partial charge in [0, 0.05) is 9.13 Å². The van der Waals surface area contributed by atoms with Gasteiger partial charge in [-0.1, -0.05) is 22.0 Å². The number of ketones is 1. The number of benzene rings is 1. The van der Waals surface area contributed by atoms with Crippen molar-refractivity contribution in [2.24, 2.45) is 0 Å². The van der Waals surface area contributed by atoms with Gasteiger partial charge in [0.1, 0.15) is 0 Å². The summed E-state index contributed by atoms with van der Waals surface area (Å²) in [6, 6.07) is 4.48. The Morgan fingerprint density at radius 1 is 1.41 bits per heavy atom. The second-order valence-electron chi connectivity index (χ2n) is 3.46. The molecule has 1 aromatic carbocycles. The van der Waals surface area contributed by atoms with Gasteiger partial charge in [-0.2, -0.15) is 0 Å². The van der Waals surface area contributed by atoms with Crippen LogP contribution in [0.3, 0.4) is 0 Å². The molecule has 0 heterocycles. The molecule has 1 rings (SSSR count). The summed E-state index contributed by atoms with van der Waals surface area (Å²) in [5.74, 6) is -1.39. The summed E-state index contributed by atoms with van der Waals surface area (Å²) in [5.41, 5.74) is 0.775. The topological polar surface area (TPSA) is 74.6 Å². The zero-order chi connectivity index (χ0) is 13.2. The van der Waals surface area contributed by atoms with E-state index in [1.54, 1.807) is 6.92 Å². The van der Waals surface area contributed by atoms with E-state index in [9.17, 15) is 14.7 Å². The predicted octanol–water partition coefficient (Wildman–Crippen LogP) is 2.38. The number of aliphatic carboxylic acids is 1. The number of carbonyl (C=O) groups excluding carboxylic acids is 1. The number of hydrogen-bond acceptors (Lipinski definition) is 3. The lowest BCUT2D eigenvalue weighted by atomic mass is 10.0. The Kier molecular flexibility index (Phi) is 5.08. The first-order valence-electron chi connectivity index (χ1n) is 4.73. The van der Waals surface area contributed by atoms with E-state index in [2.05, 4.69) is 15.9 Å². The van der Waals surface area contributed by atoms with Gasteiger partial charge in [0.05, 0.1) is 4.83 Å². The molecule has 2 atom stereocenters. The third kappa shape index (κ3) is 3.49. The van der Waals surface area contributed by atoms with Crippen molar-refractivity contribution < 1.29 is 19.8 Å². The highest BCUT2D eigenvalue weighted by molar-refractivity contribution is 14.1. The number of aliphatic hydroxyl groups is 1. The van der Waals surface area contributed by atoms with Crippen LogP contribution in [-0.4, -0.2) is 26.8 Å². The van der Waals surface area contributed by atoms with Crippen molar-refractivity contribution >= 4 is 50.3 Å². The maximum atomic E-state index is 11.7. The molecule has 4 nitrogen and oxygen atoms in total. The van der Waals surface area contributed by atoms with Gasteiger partial charge in [-0.3, -0.25) is 4.79 Å². The van der Waals surface area contributed by atoms with Crippen molar-refractivity contribution in [2.75, 3.05) is 0 Å². The summed E-state index contributed by atoms with van der Waals surface area (Å²) >= 11 is 5.13. The number of rotatable bonds is 4. The largest absolute Gasteiger partial charge is 0.479 e. The van der Waals surface area contributed by atoms with Gasteiger partial charge < -0.3 is 10.2 Å². The average Bonchev–Trinajstić information content (AvgIpc) is 2.26. The van der Waals surface area contributed by atoms with E-state index in [-0.39, 0.29) is 16.2 Å². The van der Waals surface area contributed by atoms with Crippen molar-refractivity contribution in [1.29, 1.82) is 0 Å². The number of carboxylic acids is 1. The van der Waals surface area contributed by atoms with Crippen LogP contribution in [-0.2, 0) is 4.79 Å². The van der Waals surface area contributed by atoms with E-state index in [4.69, 9.17) is 5.11 Å². The molecule has 0 saturated heterocycles. The molecular formula is C11H10BrIO4. The van der Waals surface area contributed by atoms with Crippen molar-refractivity contribution in [3.8, 4) is 0 Å². The summed E-state index contributed by atoms with van der Waals surface area (Å²) in [7, 11) is 0. The van der Waals surface area contributed by atoms with Gasteiger partial charge in [0.15, 0.2) is 11.9 Å². The van der Waals surface area contributed by atoms with Crippen molar-refractivity contribution in [3.05, 3.63) is 32.9 Å². The number of hydrogen-bond donors (Lipinski definition) is 2. The Morgan fingerprint density at radius 2 is 2.00 bits per heavy atom. The first kappa shape index (κ1) is 14.6. The zero-order valence-corrected chi connectivity index (χ0v) is 12.6. The molecule has 0 saturated carbocycles. The Labute approximate surface area is 120 Å². The monoisotopic (exact) mass is 412 g/mol. The average molecular weight is 413 g/mol. The maximum absolute atomic E-state index is 11.7. The first-order chi connectivity index (χ1) is 7.84. The molecule has 6 heteroatoms. The fourth-order valence-electron chi connectivity index (χ4n) is 1.26. The van der Waals surface area contributed by atoms with Crippen LogP contribution in [0.4, 0.5) is 0 Å².